The van der Waals surface area contributed by atoms with E-state index in [1.807, 2.05) is 18.2 Å². The molecule has 0 amide bonds. The molecule has 7 aromatic rings. The summed E-state index contributed by atoms with van der Waals surface area (Å²) in [5, 5.41) is 2.45. The van der Waals surface area contributed by atoms with Crippen molar-refractivity contribution in [2.24, 2.45) is 4.99 Å². The molecule has 0 fully saturated rings. The summed E-state index contributed by atoms with van der Waals surface area (Å²) >= 11 is 0. The highest BCUT2D eigenvalue weighted by atomic mass is 16.3. The highest BCUT2D eigenvalue weighted by Crippen LogP contribution is 2.64. The number of benzene rings is 6. The van der Waals surface area contributed by atoms with Gasteiger partial charge in [-0.3, -0.25) is 4.99 Å². The predicted octanol–water partition coefficient (Wildman–Crippen LogP) is 14.3. The molecule has 3 aliphatic rings. The van der Waals surface area contributed by atoms with E-state index < -0.39 is 5.41 Å². The third-order valence-corrected chi connectivity index (χ3v) is 12.9. The molecule has 3 aliphatic carbocycles. The summed E-state index contributed by atoms with van der Waals surface area (Å²) in [5.74, 6) is 1.71. The van der Waals surface area contributed by atoms with E-state index in [2.05, 4.69) is 186 Å². The standard InChI is InChI=1S/C56H45NO/c1-7-10-25-46-35(4)40-22-13-16-27-48(40)56(46)49-31-29-37(32-45(49)52-44(18-8-2)51(9-3)58-54(52)56)53(57-34-39-21-17-20-36-19-11-12-23-41(36)39)38-28-30-43-42-24-14-15-26-47(42)55(5,6)50(43)33-38/h7-33H,1,3,34H2,2,4-6H3/b18-8-,25-10-,57-53?. The molecule has 58 heavy (non-hydrogen) atoms. The zero-order valence-electron chi connectivity index (χ0n) is 33.6. The van der Waals surface area contributed by atoms with E-state index in [4.69, 9.17) is 9.41 Å². The maximum Gasteiger partial charge on any atom is 0.134 e. The Morgan fingerprint density at radius 2 is 1.38 bits per heavy atom. The lowest BCUT2D eigenvalue weighted by atomic mass is 9.72. The van der Waals surface area contributed by atoms with E-state index >= 15 is 0 Å². The lowest BCUT2D eigenvalue weighted by Gasteiger charge is -2.29. The fourth-order valence-corrected chi connectivity index (χ4v) is 10.3. The molecule has 0 saturated carbocycles. The summed E-state index contributed by atoms with van der Waals surface area (Å²) in [6.45, 7) is 17.8. The number of rotatable bonds is 8. The molecule has 280 valence electrons. The number of furan rings is 1. The number of aliphatic imine (C=N–C) groups is 1. The molecule has 1 unspecified atom stereocenters. The number of nitrogens with zero attached hydrogens (tertiary/aromatic N) is 1. The van der Waals surface area contributed by atoms with Crippen molar-refractivity contribution in [2.75, 3.05) is 0 Å². The Hall–Kier alpha value is -6.77. The molecule has 10 rings (SSSR count). The van der Waals surface area contributed by atoms with Gasteiger partial charge in [0.2, 0.25) is 0 Å². The topological polar surface area (TPSA) is 25.5 Å². The van der Waals surface area contributed by atoms with Crippen LogP contribution in [-0.4, -0.2) is 5.71 Å². The van der Waals surface area contributed by atoms with E-state index in [-0.39, 0.29) is 5.41 Å². The first-order valence-electron chi connectivity index (χ1n) is 20.3. The van der Waals surface area contributed by atoms with Crippen molar-refractivity contribution in [2.45, 2.75) is 45.1 Å². The van der Waals surface area contributed by atoms with Crippen LogP contribution in [0.15, 0.2) is 180 Å². The average Bonchev–Trinajstić information content (AvgIpc) is 3.91. The normalized spacial score (nSPS) is 17.3. The lowest BCUT2D eigenvalue weighted by molar-refractivity contribution is 0.466. The fourth-order valence-electron chi connectivity index (χ4n) is 10.3. The number of hydrogen-bond acceptors (Lipinski definition) is 2. The van der Waals surface area contributed by atoms with E-state index in [9.17, 15) is 0 Å². The van der Waals surface area contributed by atoms with Crippen molar-refractivity contribution >= 4 is 34.2 Å². The van der Waals surface area contributed by atoms with Gasteiger partial charge in [-0.25, -0.2) is 0 Å². The van der Waals surface area contributed by atoms with Gasteiger partial charge in [0.15, 0.2) is 0 Å². The average molecular weight is 748 g/mol. The molecule has 2 nitrogen and oxygen atoms in total. The predicted molar refractivity (Wildman–Crippen MR) is 244 cm³/mol. The van der Waals surface area contributed by atoms with Crippen LogP contribution < -0.4 is 0 Å². The van der Waals surface area contributed by atoms with Crippen LogP contribution >= 0.6 is 0 Å². The summed E-state index contributed by atoms with van der Waals surface area (Å²) in [6.07, 6.45) is 12.2. The van der Waals surface area contributed by atoms with Gasteiger partial charge in [-0.05, 0) is 104 Å². The molecule has 1 heterocycles. The maximum atomic E-state index is 7.04. The van der Waals surface area contributed by atoms with E-state index in [1.165, 1.54) is 66.4 Å². The van der Waals surface area contributed by atoms with Gasteiger partial charge in [-0.2, -0.15) is 0 Å². The second-order valence-electron chi connectivity index (χ2n) is 16.2. The van der Waals surface area contributed by atoms with Crippen LogP contribution in [-0.2, 0) is 17.4 Å². The second kappa shape index (κ2) is 13.4. The van der Waals surface area contributed by atoms with Crippen molar-refractivity contribution in [3.8, 4) is 22.3 Å². The maximum absolute atomic E-state index is 7.04. The molecule has 2 heteroatoms. The molecule has 6 aromatic carbocycles. The number of allylic oxidation sites excluding steroid dienone is 6. The molecule has 0 aliphatic heterocycles. The van der Waals surface area contributed by atoms with E-state index in [1.54, 1.807) is 0 Å². The Kier molecular flexibility index (Phi) is 8.25. The van der Waals surface area contributed by atoms with Gasteiger partial charge in [0.1, 0.15) is 16.9 Å². The SMILES string of the molecule is C=C/C=C\C1=C(C)c2ccccc2C12c1ccc(C(=NCc3cccc4ccccc34)c3ccc4c(c3)C(C)(C)c3ccccc3-4)cc1-c1c2oc(C=C)c1/C=C\C. The smallest absolute Gasteiger partial charge is 0.134 e. The van der Waals surface area contributed by atoms with Crippen LogP contribution in [0.5, 0.6) is 0 Å². The summed E-state index contributed by atoms with van der Waals surface area (Å²) in [6, 6.07) is 46.7. The first-order chi connectivity index (χ1) is 28.3. The Bertz CT molecular complexity index is 3010. The molecule has 1 aromatic heterocycles. The zero-order chi connectivity index (χ0) is 39.8. The first-order valence-corrected chi connectivity index (χ1v) is 20.3. The van der Waals surface area contributed by atoms with Crippen LogP contribution in [0.1, 0.15) is 89.3 Å². The summed E-state index contributed by atoms with van der Waals surface area (Å²) in [5.41, 5.74) is 18.3. The molecular weight excluding hydrogens is 703 g/mol. The minimum Gasteiger partial charge on any atom is -0.459 e. The van der Waals surface area contributed by atoms with Crippen LogP contribution in [0.2, 0.25) is 0 Å². The van der Waals surface area contributed by atoms with Crippen molar-refractivity contribution in [1.82, 2.24) is 0 Å². The van der Waals surface area contributed by atoms with Crippen LogP contribution in [0.3, 0.4) is 0 Å². The monoisotopic (exact) mass is 747 g/mol. The van der Waals surface area contributed by atoms with E-state index in [0.717, 1.165) is 45.0 Å². The van der Waals surface area contributed by atoms with Crippen LogP contribution in [0.25, 0.3) is 50.8 Å². The van der Waals surface area contributed by atoms with Crippen molar-refractivity contribution in [1.29, 1.82) is 0 Å². The van der Waals surface area contributed by atoms with Gasteiger partial charge in [-0.15, -0.1) is 0 Å². The van der Waals surface area contributed by atoms with Crippen molar-refractivity contribution in [3.05, 3.63) is 232 Å². The van der Waals surface area contributed by atoms with Gasteiger partial charge in [0.05, 0.1) is 12.3 Å². The Morgan fingerprint density at radius 1 is 0.690 bits per heavy atom. The third-order valence-electron chi connectivity index (χ3n) is 12.9. The minimum absolute atomic E-state index is 0.142. The highest BCUT2D eigenvalue weighted by molar-refractivity contribution is 6.15. The third kappa shape index (κ3) is 4.94. The van der Waals surface area contributed by atoms with Crippen LogP contribution in [0, 0.1) is 0 Å². The van der Waals surface area contributed by atoms with Crippen molar-refractivity contribution < 1.29 is 4.42 Å². The van der Waals surface area contributed by atoms with Gasteiger partial charge in [0, 0.05) is 27.7 Å². The molecule has 1 atom stereocenters. The molecule has 0 saturated heterocycles. The van der Waals surface area contributed by atoms with Gasteiger partial charge in [-0.1, -0.05) is 173 Å². The second-order valence-corrected chi connectivity index (χ2v) is 16.2. The largest absolute Gasteiger partial charge is 0.459 e. The Labute approximate surface area is 341 Å². The summed E-state index contributed by atoms with van der Waals surface area (Å²) in [7, 11) is 0. The molecular formula is C56H45NO. The fraction of sp³-hybridized carbons (Fsp3) is 0.125. The quantitative estimate of drug-likeness (QED) is 0.112. The summed E-state index contributed by atoms with van der Waals surface area (Å²) in [4.78, 5) is 5.59. The molecule has 0 bridgehead atoms. The first kappa shape index (κ1) is 35.6. The lowest BCUT2D eigenvalue weighted by Crippen LogP contribution is -2.26. The Morgan fingerprint density at radius 3 is 2.19 bits per heavy atom. The highest BCUT2D eigenvalue weighted by Gasteiger charge is 2.55. The number of fused-ring (bicyclic) bond motifs is 11. The number of hydrogen-bond donors (Lipinski definition) is 0. The van der Waals surface area contributed by atoms with Gasteiger partial charge in [0.25, 0.3) is 0 Å². The minimum atomic E-state index is -0.648. The zero-order valence-corrected chi connectivity index (χ0v) is 33.6. The van der Waals surface area contributed by atoms with Crippen LogP contribution in [0.4, 0.5) is 0 Å². The van der Waals surface area contributed by atoms with Gasteiger partial charge < -0.3 is 4.42 Å². The van der Waals surface area contributed by atoms with Crippen molar-refractivity contribution in [3.63, 3.8) is 0 Å². The Balaban J connectivity index is 1.23. The van der Waals surface area contributed by atoms with E-state index in [0.29, 0.717) is 6.54 Å². The molecule has 1 spiro atoms. The molecule has 0 radical (unpaired) electrons. The summed E-state index contributed by atoms with van der Waals surface area (Å²) < 4.78 is 7.04. The van der Waals surface area contributed by atoms with Gasteiger partial charge >= 0.3 is 0 Å². The molecule has 0 N–H and O–H groups in total.